The van der Waals surface area contributed by atoms with Crippen molar-refractivity contribution in [3.63, 3.8) is 0 Å². The van der Waals surface area contributed by atoms with Crippen molar-refractivity contribution in [3.8, 4) is 0 Å². The Balaban J connectivity index is 2.01. The van der Waals surface area contributed by atoms with Crippen molar-refractivity contribution in [1.82, 2.24) is 4.90 Å². The van der Waals surface area contributed by atoms with Crippen LogP contribution in [-0.4, -0.2) is 41.5 Å². The van der Waals surface area contributed by atoms with Gasteiger partial charge in [0.1, 0.15) is 0 Å². The second-order valence-corrected chi connectivity index (χ2v) is 5.88. The predicted octanol–water partition coefficient (Wildman–Crippen LogP) is 1.54. The van der Waals surface area contributed by atoms with Crippen LogP contribution in [-0.2, 0) is 9.59 Å². The van der Waals surface area contributed by atoms with Gasteiger partial charge >= 0.3 is 11.8 Å². The van der Waals surface area contributed by atoms with E-state index in [4.69, 9.17) is 5.11 Å². The van der Waals surface area contributed by atoms with Crippen LogP contribution in [0.25, 0.3) is 0 Å². The molecule has 0 saturated carbocycles. The molecule has 1 aliphatic rings. The molecule has 0 bridgehead atoms. The Bertz CT molecular complexity index is 533. The van der Waals surface area contributed by atoms with E-state index in [0.29, 0.717) is 18.8 Å². The van der Waals surface area contributed by atoms with E-state index >= 15 is 0 Å². The molecule has 20 heavy (non-hydrogen) atoms. The smallest absolute Gasteiger partial charge is 0.313 e. The van der Waals surface area contributed by atoms with Gasteiger partial charge in [0, 0.05) is 30.1 Å². The molecule has 1 saturated heterocycles. The summed E-state index contributed by atoms with van der Waals surface area (Å²) in [5, 5.41) is 11.7. The summed E-state index contributed by atoms with van der Waals surface area (Å²) in [7, 11) is 0. The maximum absolute atomic E-state index is 12.0. The first-order valence-electron chi connectivity index (χ1n) is 6.48. The van der Waals surface area contributed by atoms with E-state index in [-0.39, 0.29) is 12.5 Å². The number of amides is 2. The maximum atomic E-state index is 12.0. The third-order valence-electron chi connectivity index (χ3n) is 3.40. The van der Waals surface area contributed by atoms with Crippen molar-refractivity contribution in [2.75, 3.05) is 25.0 Å². The van der Waals surface area contributed by atoms with E-state index in [0.717, 1.165) is 16.5 Å². The highest BCUT2D eigenvalue weighted by Crippen LogP contribution is 2.23. The van der Waals surface area contributed by atoms with Crippen molar-refractivity contribution in [2.24, 2.45) is 5.92 Å². The number of likely N-dealkylation sites (tertiary alicyclic amines) is 1. The number of carbonyl (C=O) groups excluding carboxylic acids is 2. The lowest BCUT2D eigenvalue weighted by Gasteiger charge is -2.16. The molecule has 0 radical (unpaired) electrons. The number of aryl methyl sites for hydroxylation is 1. The summed E-state index contributed by atoms with van der Waals surface area (Å²) in [4.78, 5) is 25.5. The first-order valence-corrected chi connectivity index (χ1v) is 7.28. The third-order valence-corrected chi connectivity index (χ3v) is 4.09. The monoisotopic (exact) mass is 340 g/mol. The minimum Gasteiger partial charge on any atom is -0.396 e. The highest BCUT2D eigenvalue weighted by atomic mass is 79.9. The second kappa shape index (κ2) is 6.37. The molecular formula is C14H17BrN2O3. The number of benzene rings is 1. The molecule has 0 aliphatic carbocycles. The standard InChI is InChI=1S/C14H17BrN2O3/c1-9-2-3-11(15)12(6-9)16-13(19)14(20)17-5-4-10(7-17)8-18/h2-3,6,10,18H,4-5,7-8H2,1H3,(H,16,19). The summed E-state index contributed by atoms with van der Waals surface area (Å²) in [5.74, 6) is -1.11. The molecule has 1 fully saturated rings. The topological polar surface area (TPSA) is 69.6 Å². The molecule has 1 atom stereocenters. The first-order chi connectivity index (χ1) is 9.51. The Morgan fingerprint density at radius 2 is 2.25 bits per heavy atom. The molecule has 0 spiro atoms. The van der Waals surface area contributed by atoms with Gasteiger partial charge in [0.2, 0.25) is 0 Å². The molecule has 2 N–H and O–H groups in total. The van der Waals surface area contributed by atoms with Crippen molar-refractivity contribution in [2.45, 2.75) is 13.3 Å². The van der Waals surface area contributed by atoms with Gasteiger partial charge in [-0.2, -0.15) is 0 Å². The fourth-order valence-corrected chi connectivity index (χ4v) is 2.57. The van der Waals surface area contributed by atoms with Gasteiger partial charge < -0.3 is 15.3 Å². The molecule has 1 aliphatic heterocycles. The van der Waals surface area contributed by atoms with Gasteiger partial charge in [-0.05, 0) is 47.0 Å². The minimum absolute atomic E-state index is 0.0504. The van der Waals surface area contributed by atoms with Gasteiger partial charge in [-0.1, -0.05) is 6.07 Å². The Hall–Kier alpha value is -1.40. The Morgan fingerprint density at radius 3 is 2.90 bits per heavy atom. The molecular weight excluding hydrogens is 324 g/mol. The number of aliphatic hydroxyl groups is 1. The number of carbonyl (C=O) groups is 2. The summed E-state index contributed by atoms with van der Waals surface area (Å²) in [6.07, 6.45) is 0.740. The molecule has 1 aromatic rings. The van der Waals surface area contributed by atoms with Gasteiger partial charge in [0.05, 0.1) is 5.69 Å². The third kappa shape index (κ3) is 3.37. The van der Waals surface area contributed by atoms with Gasteiger partial charge in [0.15, 0.2) is 0 Å². The van der Waals surface area contributed by atoms with Crippen LogP contribution >= 0.6 is 15.9 Å². The lowest BCUT2D eigenvalue weighted by molar-refractivity contribution is -0.142. The van der Waals surface area contributed by atoms with Crippen molar-refractivity contribution in [3.05, 3.63) is 28.2 Å². The van der Waals surface area contributed by atoms with E-state index in [1.165, 1.54) is 4.90 Å². The summed E-state index contributed by atoms with van der Waals surface area (Å²) >= 11 is 3.34. The molecule has 0 aromatic heterocycles. The number of halogens is 1. The lowest BCUT2D eigenvalue weighted by atomic mass is 10.1. The maximum Gasteiger partial charge on any atom is 0.313 e. The second-order valence-electron chi connectivity index (χ2n) is 5.03. The van der Waals surface area contributed by atoms with E-state index in [2.05, 4.69) is 21.2 Å². The van der Waals surface area contributed by atoms with Gasteiger partial charge in [0.25, 0.3) is 0 Å². The van der Waals surface area contributed by atoms with E-state index in [1.54, 1.807) is 6.07 Å². The molecule has 6 heteroatoms. The minimum atomic E-state index is -0.644. The highest BCUT2D eigenvalue weighted by Gasteiger charge is 2.29. The van der Waals surface area contributed by atoms with Crippen LogP contribution in [0.4, 0.5) is 5.69 Å². The molecule has 5 nitrogen and oxygen atoms in total. The summed E-state index contributed by atoms with van der Waals surface area (Å²) in [5.41, 5.74) is 1.58. The number of hydrogen-bond donors (Lipinski definition) is 2. The van der Waals surface area contributed by atoms with Crippen LogP contribution in [0.15, 0.2) is 22.7 Å². The summed E-state index contributed by atoms with van der Waals surface area (Å²) < 4.78 is 0.735. The molecule has 1 aromatic carbocycles. The average molecular weight is 341 g/mol. The van der Waals surface area contributed by atoms with Crippen LogP contribution in [0.5, 0.6) is 0 Å². The van der Waals surface area contributed by atoms with E-state index < -0.39 is 11.8 Å². The summed E-state index contributed by atoms with van der Waals surface area (Å²) in [6, 6.07) is 5.54. The van der Waals surface area contributed by atoms with Crippen LogP contribution in [0, 0.1) is 12.8 Å². The number of aliphatic hydroxyl groups excluding tert-OH is 1. The number of rotatable bonds is 2. The molecule has 1 heterocycles. The quantitative estimate of drug-likeness (QED) is 0.802. The molecule has 2 amide bonds. The summed E-state index contributed by atoms with van der Waals surface area (Å²) in [6.45, 7) is 2.93. The van der Waals surface area contributed by atoms with Gasteiger partial charge in [-0.15, -0.1) is 0 Å². The Labute approximate surface area is 126 Å². The van der Waals surface area contributed by atoms with Crippen molar-refractivity contribution in [1.29, 1.82) is 0 Å². The van der Waals surface area contributed by atoms with Crippen molar-refractivity contribution >= 4 is 33.4 Å². The van der Waals surface area contributed by atoms with Gasteiger partial charge in [-0.25, -0.2) is 0 Å². The van der Waals surface area contributed by atoms with Crippen LogP contribution in [0.2, 0.25) is 0 Å². The van der Waals surface area contributed by atoms with Gasteiger partial charge in [-0.3, -0.25) is 9.59 Å². The van der Waals surface area contributed by atoms with E-state index in [9.17, 15) is 9.59 Å². The Morgan fingerprint density at radius 1 is 1.50 bits per heavy atom. The van der Waals surface area contributed by atoms with Crippen LogP contribution in [0.3, 0.4) is 0 Å². The normalized spacial score (nSPS) is 18.1. The zero-order valence-electron chi connectivity index (χ0n) is 11.2. The molecule has 2 rings (SSSR count). The zero-order chi connectivity index (χ0) is 14.7. The predicted molar refractivity (Wildman–Crippen MR) is 79.3 cm³/mol. The fourth-order valence-electron chi connectivity index (χ4n) is 2.22. The fraction of sp³-hybridized carbons (Fsp3) is 0.429. The highest BCUT2D eigenvalue weighted by molar-refractivity contribution is 9.10. The largest absolute Gasteiger partial charge is 0.396 e. The molecule has 1 unspecified atom stereocenters. The average Bonchev–Trinajstić information content (AvgIpc) is 2.90. The van der Waals surface area contributed by atoms with E-state index in [1.807, 2.05) is 19.1 Å². The first kappa shape index (κ1) is 15.0. The van der Waals surface area contributed by atoms with Crippen LogP contribution in [0.1, 0.15) is 12.0 Å². The van der Waals surface area contributed by atoms with Crippen LogP contribution < -0.4 is 5.32 Å². The number of hydrogen-bond acceptors (Lipinski definition) is 3. The number of anilines is 1. The lowest BCUT2D eigenvalue weighted by Crippen LogP contribution is -2.38. The number of nitrogens with zero attached hydrogens (tertiary/aromatic N) is 1. The number of nitrogens with one attached hydrogen (secondary N) is 1. The molecule has 108 valence electrons. The Kier molecular flexibility index (Phi) is 4.77. The SMILES string of the molecule is Cc1ccc(Br)c(NC(=O)C(=O)N2CCC(CO)C2)c1. The zero-order valence-corrected chi connectivity index (χ0v) is 12.8. The van der Waals surface area contributed by atoms with Crippen molar-refractivity contribution < 1.29 is 14.7 Å².